The van der Waals surface area contributed by atoms with Crippen LogP contribution in [0.15, 0.2) is 29.1 Å². The van der Waals surface area contributed by atoms with Crippen LogP contribution in [-0.2, 0) is 0 Å². The molecule has 0 atom stereocenters. The lowest BCUT2D eigenvalue weighted by Gasteiger charge is -2.30. The van der Waals surface area contributed by atoms with Crippen LogP contribution >= 0.6 is 11.3 Å². The number of hydrogen-bond acceptors (Lipinski definition) is 6. The predicted octanol–water partition coefficient (Wildman–Crippen LogP) is 2.50. The highest BCUT2D eigenvalue weighted by Gasteiger charge is 2.26. The van der Waals surface area contributed by atoms with E-state index in [0.29, 0.717) is 33.9 Å². The molecule has 1 fully saturated rings. The van der Waals surface area contributed by atoms with Crippen molar-refractivity contribution in [3.63, 3.8) is 0 Å². The lowest BCUT2D eigenvalue weighted by Crippen LogP contribution is -2.41. The lowest BCUT2D eigenvalue weighted by atomic mass is 9.91. The zero-order chi connectivity index (χ0) is 19.1. The Labute approximate surface area is 158 Å². The van der Waals surface area contributed by atoms with Crippen LogP contribution in [0.4, 0.5) is 10.5 Å². The third kappa shape index (κ3) is 2.99. The van der Waals surface area contributed by atoms with E-state index < -0.39 is 11.9 Å². The van der Waals surface area contributed by atoms with Gasteiger partial charge >= 0.3 is 6.03 Å². The van der Waals surface area contributed by atoms with Crippen LogP contribution in [0.25, 0.3) is 21.3 Å². The lowest BCUT2D eigenvalue weighted by molar-refractivity contribution is 0.100. The molecule has 3 aromatic heterocycles. The zero-order valence-corrected chi connectivity index (χ0v) is 15.3. The molecule has 0 aromatic carbocycles. The zero-order valence-electron chi connectivity index (χ0n) is 14.5. The van der Waals surface area contributed by atoms with E-state index in [1.165, 1.54) is 11.3 Å². The Morgan fingerprint density at radius 2 is 2.00 bits per heavy atom. The van der Waals surface area contributed by atoms with Crippen molar-refractivity contribution < 1.29 is 14.0 Å². The molecule has 0 aliphatic carbocycles. The minimum atomic E-state index is -0.565. The van der Waals surface area contributed by atoms with Gasteiger partial charge in [0.15, 0.2) is 0 Å². The SMILES string of the molecule is NC(=O)c1sc2nc(C3CCN(C(N)=O)CC3)cc(-c3ccoc3)c2c1N. The number of nitrogens with zero attached hydrogens (tertiary/aromatic N) is 2. The van der Waals surface area contributed by atoms with E-state index in [-0.39, 0.29) is 5.92 Å². The van der Waals surface area contributed by atoms with Gasteiger partial charge in [0.2, 0.25) is 0 Å². The second-order valence-electron chi connectivity index (χ2n) is 6.60. The number of furan rings is 1. The number of pyridine rings is 1. The second kappa shape index (κ2) is 6.58. The Kier molecular flexibility index (Phi) is 4.23. The van der Waals surface area contributed by atoms with Gasteiger partial charge in [0.25, 0.3) is 5.91 Å². The number of carbonyl (C=O) groups excluding carboxylic acids is 2. The first-order valence-electron chi connectivity index (χ1n) is 8.55. The Hall–Kier alpha value is -3.07. The van der Waals surface area contributed by atoms with Crippen molar-refractivity contribution in [2.45, 2.75) is 18.8 Å². The average molecular weight is 385 g/mol. The maximum atomic E-state index is 11.7. The number of anilines is 1. The molecule has 0 radical (unpaired) electrons. The minimum absolute atomic E-state index is 0.191. The van der Waals surface area contributed by atoms with Gasteiger partial charge in [0.1, 0.15) is 9.71 Å². The van der Waals surface area contributed by atoms with E-state index in [1.807, 2.05) is 12.1 Å². The highest BCUT2D eigenvalue weighted by Crippen LogP contribution is 2.41. The third-order valence-electron chi connectivity index (χ3n) is 5.00. The number of urea groups is 1. The number of piperidine rings is 1. The largest absolute Gasteiger partial charge is 0.472 e. The topological polar surface area (TPSA) is 141 Å². The first-order valence-corrected chi connectivity index (χ1v) is 9.37. The summed E-state index contributed by atoms with van der Waals surface area (Å²) in [6.45, 7) is 1.19. The molecular formula is C18H19N5O3S. The molecule has 27 heavy (non-hydrogen) atoms. The van der Waals surface area contributed by atoms with Gasteiger partial charge in [-0.05, 0) is 30.5 Å². The molecule has 0 spiro atoms. The normalized spacial score (nSPS) is 15.3. The predicted molar refractivity (Wildman–Crippen MR) is 103 cm³/mol. The molecule has 0 bridgehead atoms. The molecule has 4 heterocycles. The fourth-order valence-electron chi connectivity index (χ4n) is 3.57. The number of amides is 3. The van der Waals surface area contributed by atoms with Crippen molar-refractivity contribution in [2.24, 2.45) is 11.5 Å². The quantitative estimate of drug-likeness (QED) is 0.635. The van der Waals surface area contributed by atoms with Crippen LogP contribution < -0.4 is 17.2 Å². The monoisotopic (exact) mass is 385 g/mol. The summed E-state index contributed by atoms with van der Waals surface area (Å²) in [4.78, 5) is 30.5. The van der Waals surface area contributed by atoms with Crippen molar-refractivity contribution in [1.29, 1.82) is 0 Å². The molecule has 140 valence electrons. The molecule has 6 N–H and O–H groups in total. The van der Waals surface area contributed by atoms with Crippen molar-refractivity contribution in [3.05, 3.63) is 35.2 Å². The summed E-state index contributed by atoms with van der Waals surface area (Å²) in [7, 11) is 0. The summed E-state index contributed by atoms with van der Waals surface area (Å²) in [5, 5.41) is 0.716. The first kappa shape index (κ1) is 17.3. The van der Waals surface area contributed by atoms with E-state index in [2.05, 4.69) is 0 Å². The molecule has 3 aromatic rings. The van der Waals surface area contributed by atoms with Gasteiger partial charge < -0.3 is 26.5 Å². The van der Waals surface area contributed by atoms with E-state index >= 15 is 0 Å². The Morgan fingerprint density at radius 3 is 2.59 bits per heavy atom. The maximum Gasteiger partial charge on any atom is 0.314 e. The summed E-state index contributed by atoms with van der Waals surface area (Å²) in [6, 6.07) is 3.44. The number of rotatable bonds is 3. The van der Waals surface area contributed by atoms with Gasteiger partial charge in [-0.25, -0.2) is 9.78 Å². The highest BCUT2D eigenvalue weighted by molar-refractivity contribution is 7.21. The van der Waals surface area contributed by atoms with Crippen LogP contribution in [0.1, 0.15) is 34.1 Å². The molecule has 3 amide bonds. The highest BCUT2D eigenvalue weighted by atomic mass is 32.1. The minimum Gasteiger partial charge on any atom is -0.472 e. The van der Waals surface area contributed by atoms with E-state index in [0.717, 1.165) is 29.7 Å². The average Bonchev–Trinajstić information content (AvgIpc) is 3.29. The Balaban J connectivity index is 1.81. The molecular weight excluding hydrogens is 366 g/mol. The number of primary amides is 2. The number of nitrogen functional groups attached to an aromatic ring is 1. The second-order valence-corrected chi connectivity index (χ2v) is 7.59. The summed E-state index contributed by atoms with van der Waals surface area (Å²) >= 11 is 1.20. The van der Waals surface area contributed by atoms with Crippen molar-refractivity contribution in [1.82, 2.24) is 9.88 Å². The van der Waals surface area contributed by atoms with Crippen LogP contribution in [0.3, 0.4) is 0 Å². The standard InChI is InChI=1S/C18H19N5O3S/c19-14-13-11(10-3-6-26-8-10)7-12(22-17(13)27-15(14)16(20)24)9-1-4-23(5-2-9)18(21)25/h3,6-9H,1-2,4-5,19H2,(H2,20,24)(H2,21,25). The molecule has 9 heteroatoms. The fourth-order valence-corrected chi connectivity index (χ4v) is 4.55. The first-order chi connectivity index (χ1) is 13.0. The van der Waals surface area contributed by atoms with Crippen LogP contribution in [0, 0.1) is 0 Å². The number of aromatic nitrogens is 1. The number of hydrogen-bond donors (Lipinski definition) is 3. The fraction of sp³-hybridized carbons (Fsp3) is 0.278. The van der Waals surface area contributed by atoms with Gasteiger partial charge in [-0.3, -0.25) is 4.79 Å². The maximum absolute atomic E-state index is 11.7. The Bertz CT molecular complexity index is 1020. The number of carbonyl (C=O) groups is 2. The Morgan fingerprint density at radius 1 is 1.26 bits per heavy atom. The van der Waals surface area contributed by atoms with Crippen LogP contribution in [-0.4, -0.2) is 34.9 Å². The summed E-state index contributed by atoms with van der Waals surface area (Å²) < 4.78 is 5.23. The number of thiophene rings is 1. The van der Waals surface area contributed by atoms with E-state index in [4.69, 9.17) is 26.6 Å². The van der Waals surface area contributed by atoms with Gasteiger partial charge in [-0.1, -0.05) is 0 Å². The molecule has 1 aliphatic heterocycles. The number of likely N-dealkylation sites (tertiary alicyclic amines) is 1. The van der Waals surface area contributed by atoms with Crippen molar-refractivity contribution >= 4 is 39.2 Å². The van der Waals surface area contributed by atoms with Crippen LogP contribution in [0.2, 0.25) is 0 Å². The summed E-state index contributed by atoms with van der Waals surface area (Å²) in [5.41, 5.74) is 20.0. The number of nitrogens with two attached hydrogens (primary N) is 3. The molecule has 1 aliphatic rings. The smallest absolute Gasteiger partial charge is 0.314 e. The third-order valence-corrected chi connectivity index (χ3v) is 6.11. The van der Waals surface area contributed by atoms with Gasteiger partial charge in [0.05, 0.1) is 18.2 Å². The van der Waals surface area contributed by atoms with E-state index in [9.17, 15) is 9.59 Å². The summed E-state index contributed by atoms with van der Waals surface area (Å²) in [6.07, 6.45) is 4.77. The van der Waals surface area contributed by atoms with Crippen molar-refractivity contribution in [2.75, 3.05) is 18.8 Å². The molecule has 0 saturated carbocycles. The number of fused-ring (bicyclic) bond motifs is 1. The summed E-state index contributed by atoms with van der Waals surface area (Å²) in [5.74, 6) is -0.374. The van der Waals surface area contributed by atoms with Gasteiger partial charge in [-0.2, -0.15) is 0 Å². The van der Waals surface area contributed by atoms with Crippen LogP contribution in [0.5, 0.6) is 0 Å². The molecule has 0 unspecified atom stereocenters. The molecule has 8 nitrogen and oxygen atoms in total. The van der Waals surface area contributed by atoms with Gasteiger partial charge in [-0.15, -0.1) is 11.3 Å². The molecule has 1 saturated heterocycles. The van der Waals surface area contributed by atoms with E-state index in [1.54, 1.807) is 17.4 Å². The molecule has 4 rings (SSSR count). The van der Waals surface area contributed by atoms with Gasteiger partial charge in [0, 0.05) is 35.7 Å². The van der Waals surface area contributed by atoms with Crippen molar-refractivity contribution in [3.8, 4) is 11.1 Å².